The molecule has 0 radical (unpaired) electrons. The van der Waals surface area contributed by atoms with Crippen LogP contribution in [0.5, 0.6) is 23.0 Å². The highest BCUT2D eigenvalue weighted by molar-refractivity contribution is 6.00. The monoisotopic (exact) mass is 440 g/mol. The molecule has 3 rings (SSSR count). The Hall–Kier alpha value is -4.01. The van der Waals surface area contributed by atoms with Gasteiger partial charge in [0.15, 0.2) is 5.75 Å². The summed E-state index contributed by atoms with van der Waals surface area (Å²) in [5, 5.41) is 13.8. The average Bonchev–Trinajstić information content (AvgIpc) is 2.81. The van der Waals surface area contributed by atoms with Crippen molar-refractivity contribution in [2.75, 3.05) is 35.5 Å². The van der Waals surface area contributed by atoms with Crippen LogP contribution in [0.4, 0.5) is 5.69 Å². The lowest BCUT2D eigenvalue weighted by Gasteiger charge is -2.20. The molecular weight excluding hydrogens is 416 g/mol. The molecule has 0 saturated carbocycles. The van der Waals surface area contributed by atoms with Crippen LogP contribution in [0, 0.1) is 10.1 Å². The molecule has 0 aliphatic carbocycles. The number of benzene rings is 3. The first-order chi connectivity index (χ1) is 15.3. The minimum Gasteiger partial charge on any atom is -0.497 e. The number of amides is 1. The van der Waals surface area contributed by atoms with E-state index in [4.69, 9.17) is 18.9 Å². The topological polar surface area (TPSA) is 100 Å². The van der Waals surface area contributed by atoms with Gasteiger partial charge in [-0.3, -0.25) is 14.9 Å². The SMILES string of the molecule is COc1ccc2cc(CN(C)C(=O)c3cc(OC)c(OC)c(OC)c3[N+](=O)[O-])ccc2c1. The third kappa shape index (κ3) is 4.22. The summed E-state index contributed by atoms with van der Waals surface area (Å²) < 4.78 is 20.9. The number of nitrogens with zero attached hydrogens (tertiary/aromatic N) is 2. The largest absolute Gasteiger partial charge is 0.497 e. The number of ether oxygens (including phenoxy) is 4. The van der Waals surface area contributed by atoms with Gasteiger partial charge < -0.3 is 23.8 Å². The van der Waals surface area contributed by atoms with Gasteiger partial charge >= 0.3 is 5.69 Å². The highest BCUT2D eigenvalue weighted by Crippen LogP contribution is 2.46. The number of carbonyl (C=O) groups excluding carboxylic acids is 1. The zero-order valence-corrected chi connectivity index (χ0v) is 18.5. The lowest BCUT2D eigenvalue weighted by atomic mass is 10.1. The fourth-order valence-corrected chi connectivity index (χ4v) is 3.54. The van der Waals surface area contributed by atoms with Crippen LogP contribution in [0.1, 0.15) is 15.9 Å². The zero-order valence-electron chi connectivity index (χ0n) is 18.5. The molecule has 9 nitrogen and oxygen atoms in total. The molecule has 0 bridgehead atoms. The first-order valence-electron chi connectivity index (χ1n) is 9.64. The molecule has 0 saturated heterocycles. The Morgan fingerprint density at radius 3 is 2.16 bits per heavy atom. The van der Waals surface area contributed by atoms with Crippen molar-refractivity contribution < 1.29 is 28.7 Å². The van der Waals surface area contributed by atoms with Crippen molar-refractivity contribution in [3.8, 4) is 23.0 Å². The quantitative estimate of drug-likeness (QED) is 0.385. The van der Waals surface area contributed by atoms with E-state index in [1.165, 1.54) is 32.3 Å². The molecule has 1 amide bonds. The van der Waals surface area contributed by atoms with Crippen LogP contribution < -0.4 is 18.9 Å². The maximum Gasteiger partial charge on any atom is 0.327 e. The molecule has 0 atom stereocenters. The lowest BCUT2D eigenvalue weighted by molar-refractivity contribution is -0.386. The summed E-state index contributed by atoms with van der Waals surface area (Å²) in [5.74, 6) is 0.239. The van der Waals surface area contributed by atoms with Crippen LogP contribution in [0.2, 0.25) is 0 Å². The third-order valence-electron chi connectivity index (χ3n) is 5.10. The summed E-state index contributed by atoms with van der Waals surface area (Å²) in [7, 11) is 7.18. The smallest absolute Gasteiger partial charge is 0.327 e. The molecule has 0 aromatic heterocycles. The number of methoxy groups -OCH3 is 4. The number of rotatable bonds is 8. The number of carbonyl (C=O) groups is 1. The molecule has 0 heterocycles. The van der Waals surface area contributed by atoms with Crippen LogP contribution in [-0.4, -0.2) is 51.2 Å². The number of nitro benzene ring substituents is 1. The molecule has 9 heteroatoms. The molecule has 3 aromatic carbocycles. The predicted molar refractivity (Wildman–Crippen MR) is 119 cm³/mol. The number of nitro groups is 1. The van der Waals surface area contributed by atoms with E-state index in [2.05, 4.69) is 0 Å². The van der Waals surface area contributed by atoms with Crippen molar-refractivity contribution in [3.05, 3.63) is 63.7 Å². The van der Waals surface area contributed by atoms with E-state index in [9.17, 15) is 14.9 Å². The Balaban J connectivity index is 1.97. The van der Waals surface area contributed by atoms with Crippen molar-refractivity contribution in [1.82, 2.24) is 4.90 Å². The minimum atomic E-state index is -0.661. The summed E-state index contributed by atoms with van der Waals surface area (Å²) in [6.07, 6.45) is 0. The summed E-state index contributed by atoms with van der Waals surface area (Å²) in [4.78, 5) is 25.8. The van der Waals surface area contributed by atoms with E-state index in [-0.39, 0.29) is 29.4 Å². The number of hydrogen-bond acceptors (Lipinski definition) is 7. The van der Waals surface area contributed by atoms with E-state index >= 15 is 0 Å². The third-order valence-corrected chi connectivity index (χ3v) is 5.10. The van der Waals surface area contributed by atoms with E-state index in [0.717, 1.165) is 22.1 Å². The fraction of sp³-hybridized carbons (Fsp3) is 0.261. The van der Waals surface area contributed by atoms with Crippen molar-refractivity contribution in [3.63, 3.8) is 0 Å². The Kier molecular flexibility index (Phi) is 6.67. The normalized spacial score (nSPS) is 10.5. The van der Waals surface area contributed by atoms with E-state index in [0.29, 0.717) is 0 Å². The standard InChI is InChI=1S/C23H24N2O7/c1-24(13-14-6-7-16-11-17(29-2)9-8-15(16)10-14)23(26)18-12-19(30-3)21(31-4)22(32-5)20(18)25(27)28/h6-12H,13H2,1-5H3. The number of hydrogen-bond donors (Lipinski definition) is 0. The van der Waals surface area contributed by atoms with Crippen LogP contribution >= 0.6 is 0 Å². The van der Waals surface area contributed by atoms with Crippen LogP contribution in [0.25, 0.3) is 10.8 Å². The first-order valence-corrected chi connectivity index (χ1v) is 9.64. The average molecular weight is 440 g/mol. The molecule has 0 N–H and O–H groups in total. The van der Waals surface area contributed by atoms with Gasteiger partial charge in [0, 0.05) is 19.7 Å². The molecule has 3 aromatic rings. The van der Waals surface area contributed by atoms with Gasteiger partial charge in [-0.05, 0) is 34.5 Å². The Bertz CT molecular complexity index is 1180. The number of fused-ring (bicyclic) bond motifs is 1. The van der Waals surface area contributed by atoms with Crippen LogP contribution in [-0.2, 0) is 6.54 Å². The van der Waals surface area contributed by atoms with Crippen molar-refractivity contribution in [2.45, 2.75) is 6.54 Å². The van der Waals surface area contributed by atoms with E-state index in [1.54, 1.807) is 14.2 Å². The van der Waals surface area contributed by atoms with Crippen LogP contribution in [0.15, 0.2) is 42.5 Å². The van der Waals surface area contributed by atoms with Gasteiger partial charge in [-0.2, -0.15) is 0 Å². The molecule has 168 valence electrons. The van der Waals surface area contributed by atoms with Crippen molar-refractivity contribution in [1.29, 1.82) is 0 Å². The molecule has 0 aliphatic heterocycles. The summed E-state index contributed by atoms with van der Waals surface area (Å²) in [6.45, 7) is 0.245. The van der Waals surface area contributed by atoms with Gasteiger partial charge in [0.25, 0.3) is 5.91 Å². The zero-order chi connectivity index (χ0) is 23.4. The Morgan fingerprint density at radius 2 is 1.56 bits per heavy atom. The maximum atomic E-state index is 13.2. The molecular formula is C23H24N2O7. The van der Waals surface area contributed by atoms with Gasteiger partial charge in [-0.15, -0.1) is 0 Å². The van der Waals surface area contributed by atoms with Gasteiger partial charge in [0.05, 0.1) is 33.4 Å². The van der Waals surface area contributed by atoms with E-state index < -0.39 is 16.5 Å². The highest BCUT2D eigenvalue weighted by atomic mass is 16.6. The van der Waals surface area contributed by atoms with Gasteiger partial charge in [0.2, 0.25) is 11.5 Å². The van der Waals surface area contributed by atoms with Crippen molar-refractivity contribution in [2.24, 2.45) is 0 Å². The molecule has 0 aliphatic rings. The summed E-state index contributed by atoms with van der Waals surface area (Å²) in [5.41, 5.74) is 0.235. The second kappa shape index (κ2) is 9.42. The lowest BCUT2D eigenvalue weighted by Crippen LogP contribution is -2.27. The molecule has 0 fully saturated rings. The van der Waals surface area contributed by atoms with Crippen LogP contribution in [0.3, 0.4) is 0 Å². The predicted octanol–water partition coefficient (Wildman–Crippen LogP) is 4.05. The minimum absolute atomic E-state index is 0.0471. The highest BCUT2D eigenvalue weighted by Gasteiger charge is 2.33. The van der Waals surface area contributed by atoms with Crippen molar-refractivity contribution >= 4 is 22.4 Å². The second-order valence-electron chi connectivity index (χ2n) is 7.01. The molecule has 0 spiro atoms. The van der Waals surface area contributed by atoms with Gasteiger partial charge in [0.1, 0.15) is 11.3 Å². The van der Waals surface area contributed by atoms with E-state index in [1.807, 2.05) is 36.4 Å². The first kappa shape index (κ1) is 22.7. The fourth-order valence-electron chi connectivity index (χ4n) is 3.54. The summed E-state index contributed by atoms with van der Waals surface area (Å²) in [6, 6.07) is 12.8. The Labute approximate surface area is 185 Å². The molecule has 0 unspecified atom stereocenters. The van der Waals surface area contributed by atoms with Gasteiger partial charge in [-0.25, -0.2) is 0 Å². The second-order valence-corrected chi connectivity index (χ2v) is 7.01. The molecule has 32 heavy (non-hydrogen) atoms. The maximum absolute atomic E-state index is 13.2. The van der Waals surface area contributed by atoms with Gasteiger partial charge in [-0.1, -0.05) is 18.2 Å². The Morgan fingerprint density at radius 1 is 0.906 bits per heavy atom. The summed E-state index contributed by atoms with van der Waals surface area (Å²) >= 11 is 0.